The standard InChI is InChI=1S/C14H20N4/c1-3-6-18-12(10-15)9-13(16)14(18)17-7-4-11(2)5-8-17/h3,9,11H,1,4-8,16H2,2H3. The Morgan fingerprint density at radius 1 is 1.56 bits per heavy atom. The van der Waals surface area contributed by atoms with E-state index in [0.29, 0.717) is 17.9 Å². The fourth-order valence-corrected chi connectivity index (χ4v) is 2.54. The largest absolute Gasteiger partial charge is 0.396 e. The first-order valence-electron chi connectivity index (χ1n) is 6.42. The van der Waals surface area contributed by atoms with Gasteiger partial charge in [-0.15, -0.1) is 6.58 Å². The van der Waals surface area contributed by atoms with Gasteiger partial charge in [0.1, 0.15) is 17.6 Å². The van der Waals surface area contributed by atoms with Crippen molar-refractivity contribution in [1.29, 1.82) is 5.26 Å². The van der Waals surface area contributed by atoms with Crippen LogP contribution >= 0.6 is 0 Å². The number of nitriles is 1. The Labute approximate surface area is 108 Å². The van der Waals surface area contributed by atoms with Gasteiger partial charge in [-0.2, -0.15) is 5.26 Å². The normalized spacial score (nSPS) is 16.6. The number of aromatic nitrogens is 1. The van der Waals surface area contributed by atoms with Crippen molar-refractivity contribution in [2.45, 2.75) is 26.3 Å². The average molecular weight is 244 g/mol. The first kappa shape index (κ1) is 12.6. The highest BCUT2D eigenvalue weighted by Crippen LogP contribution is 2.31. The zero-order valence-electron chi connectivity index (χ0n) is 10.9. The summed E-state index contributed by atoms with van der Waals surface area (Å²) in [7, 11) is 0. The van der Waals surface area contributed by atoms with Crippen LogP contribution in [0.1, 0.15) is 25.5 Å². The number of nitrogens with zero attached hydrogens (tertiary/aromatic N) is 3. The number of piperidine rings is 1. The third-order valence-electron chi connectivity index (χ3n) is 3.61. The van der Waals surface area contributed by atoms with Crippen LogP contribution in [0.15, 0.2) is 18.7 Å². The summed E-state index contributed by atoms with van der Waals surface area (Å²) in [5, 5.41) is 9.14. The molecular formula is C14H20N4. The molecule has 0 radical (unpaired) electrons. The molecule has 2 N–H and O–H groups in total. The van der Waals surface area contributed by atoms with Crippen LogP contribution in [0.3, 0.4) is 0 Å². The second kappa shape index (κ2) is 5.18. The minimum atomic E-state index is 0.612. The van der Waals surface area contributed by atoms with Crippen LogP contribution in [0.5, 0.6) is 0 Å². The molecule has 2 rings (SSSR count). The molecule has 18 heavy (non-hydrogen) atoms. The Hall–Kier alpha value is -1.89. The molecule has 96 valence electrons. The lowest BCUT2D eigenvalue weighted by Crippen LogP contribution is -2.34. The predicted octanol–water partition coefficient (Wildman–Crippen LogP) is 2.36. The fourth-order valence-electron chi connectivity index (χ4n) is 2.54. The monoisotopic (exact) mass is 244 g/mol. The number of allylic oxidation sites excluding steroid dienone is 1. The Bertz CT molecular complexity index is 473. The minimum Gasteiger partial charge on any atom is -0.396 e. The molecule has 4 heteroatoms. The highest BCUT2D eigenvalue weighted by molar-refractivity contribution is 5.68. The van der Waals surface area contributed by atoms with Crippen molar-refractivity contribution in [3.63, 3.8) is 0 Å². The van der Waals surface area contributed by atoms with Crippen molar-refractivity contribution in [3.8, 4) is 6.07 Å². The van der Waals surface area contributed by atoms with Crippen LogP contribution in [0.25, 0.3) is 0 Å². The van der Waals surface area contributed by atoms with Crippen LogP contribution in [0, 0.1) is 17.2 Å². The van der Waals surface area contributed by atoms with Gasteiger partial charge in [-0.05, 0) is 24.8 Å². The van der Waals surface area contributed by atoms with Gasteiger partial charge in [0.25, 0.3) is 0 Å². The molecule has 1 aliphatic heterocycles. The van der Waals surface area contributed by atoms with E-state index in [1.54, 1.807) is 12.1 Å². The number of nitrogen functional groups attached to an aromatic ring is 1. The number of nitrogens with two attached hydrogens (primary N) is 1. The third-order valence-corrected chi connectivity index (χ3v) is 3.61. The molecule has 1 aromatic rings. The third kappa shape index (κ3) is 2.21. The lowest BCUT2D eigenvalue weighted by molar-refractivity contribution is 0.434. The summed E-state index contributed by atoms with van der Waals surface area (Å²) in [6, 6.07) is 3.96. The molecule has 0 atom stereocenters. The fraction of sp³-hybridized carbons (Fsp3) is 0.500. The van der Waals surface area contributed by atoms with Gasteiger partial charge in [0.2, 0.25) is 0 Å². The Kier molecular flexibility index (Phi) is 3.61. The van der Waals surface area contributed by atoms with E-state index in [1.165, 1.54) is 12.8 Å². The summed E-state index contributed by atoms with van der Waals surface area (Å²) in [6.07, 6.45) is 4.16. The maximum absolute atomic E-state index is 9.14. The van der Waals surface area contributed by atoms with Crippen molar-refractivity contribution in [1.82, 2.24) is 4.57 Å². The zero-order valence-corrected chi connectivity index (χ0v) is 10.9. The van der Waals surface area contributed by atoms with Crippen molar-refractivity contribution < 1.29 is 0 Å². The minimum absolute atomic E-state index is 0.612. The van der Waals surface area contributed by atoms with Gasteiger partial charge >= 0.3 is 0 Å². The molecule has 1 aliphatic rings. The molecule has 1 aromatic heterocycles. The Morgan fingerprint density at radius 3 is 2.78 bits per heavy atom. The Balaban J connectivity index is 2.34. The molecule has 0 saturated carbocycles. The molecule has 4 nitrogen and oxygen atoms in total. The van der Waals surface area contributed by atoms with Gasteiger partial charge in [-0.1, -0.05) is 13.0 Å². The van der Waals surface area contributed by atoms with Gasteiger partial charge in [0.15, 0.2) is 0 Å². The number of hydrogen-bond acceptors (Lipinski definition) is 3. The van der Waals surface area contributed by atoms with E-state index in [0.717, 1.165) is 24.8 Å². The summed E-state index contributed by atoms with van der Waals surface area (Å²) < 4.78 is 1.96. The van der Waals surface area contributed by atoms with Gasteiger partial charge in [0.05, 0.1) is 5.69 Å². The molecular weight excluding hydrogens is 224 g/mol. The van der Waals surface area contributed by atoms with Crippen molar-refractivity contribution >= 4 is 11.5 Å². The molecule has 1 saturated heterocycles. The molecule has 0 unspecified atom stereocenters. The van der Waals surface area contributed by atoms with E-state index in [-0.39, 0.29) is 0 Å². The number of anilines is 2. The van der Waals surface area contributed by atoms with Crippen LogP contribution < -0.4 is 10.6 Å². The van der Waals surface area contributed by atoms with Crippen LogP contribution in [-0.2, 0) is 6.54 Å². The molecule has 1 fully saturated rings. The summed E-state index contributed by atoms with van der Waals surface area (Å²) in [6.45, 7) is 8.68. The first-order chi connectivity index (χ1) is 8.67. The topological polar surface area (TPSA) is 58.0 Å². The van der Waals surface area contributed by atoms with Gasteiger partial charge in [0, 0.05) is 19.6 Å². The molecule has 0 amide bonds. The summed E-state index contributed by atoms with van der Waals surface area (Å²) >= 11 is 0. The van der Waals surface area contributed by atoms with Crippen LogP contribution in [0.4, 0.5) is 11.5 Å². The smallest absolute Gasteiger partial charge is 0.133 e. The molecule has 0 aromatic carbocycles. The van der Waals surface area contributed by atoms with Gasteiger partial charge in [-0.25, -0.2) is 0 Å². The lowest BCUT2D eigenvalue weighted by atomic mass is 9.99. The quantitative estimate of drug-likeness (QED) is 0.830. The predicted molar refractivity (Wildman–Crippen MR) is 74.4 cm³/mol. The van der Waals surface area contributed by atoms with E-state index in [9.17, 15) is 0 Å². The molecule has 0 spiro atoms. The lowest BCUT2D eigenvalue weighted by Gasteiger charge is -2.33. The van der Waals surface area contributed by atoms with Gasteiger partial charge in [-0.3, -0.25) is 0 Å². The first-order valence-corrected chi connectivity index (χ1v) is 6.42. The summed E-state index contributed by atoms with van der Waals surface area (Å²) in [5.41, 5.74) is 7.37. The van der Waals surface area contributed by atoms with Crippen molar-refractivity contribution in [2.24, 2.45) is 5.92 Å². The van der Waals surface area contributed by atoms with E-state index >= 15 is 0 Å². The second-order valence-electron chi connectivity index (χ2n) is 4.99. The average Bonchev–Trinajstić information content (AvgIpc) is 2.68. The number of rotatable bonds is 3. The van der Waals surface area contributed by atoms with Crippen molar-refractivity contribution in [3.05, 3.63) is 24.4 Å². The molecule has 2 heterocycles. The maximum Gasteiger partial charge on any atom is 0.133 e. The zero-order chi connectivity index (χ0) is 13.1. The SMILES string of the molecule is C=CCn1c(C#N)cc(N)c1N1CCC(C)CC1. The van der Waals surface area contributed by atoms with E-state index in [2.05, 4.69) is 24.5 Å². The number of hydrogen-bond donors (Lipinski definition) is 1. The molecule has 0 aliphatic carbocycles. The van der Waals surface area contributed by atoms with E-state index in [4.69, 9.17) is 11.0 Å². The van der Waals surface area contributed by atoms with E-state index in [1.807, 2.05) is 4.57 Å². The maximum atomic E-state index is 9.14. The van der Waals surface area contributed by atoms with Crippen LogP contribution in [0.2, 0.25) is 0 Å². The van der Waals surface area contributed by atoms with Crippen molar-refractivity contribution in [2.75, 3.05) is 23.7 Å². The second-order valence-corrected chi connectivity index (χ2v) is 4.99. The summed E-state index contributed by atoms with van der Waals surface area (Å²) in [4.78, 5) is 2.29. The van der Waals surface area contributed by atoms with E-state index < -0.39 is 0 Å². The highest BCUT2D eigenvalue weighted by atomic mass is 15.3. The van der Waals surface area contributed by atoms with Gasteiger partial charge < -0.3 is 15.2 Å². The molecule has 0 bridgehead atoms. The summed E-state index contributed by atoms with van der Waals surface area (Å²) in [5.74, 6) is 1.76. The Morgan fingerprint density at radius 2 is 2.22 bits per heavy atom. The highest BCUT2D eigenvalue weighted by Gasteiger charge is 2.22. The van der Waals surface area contributed by atoms with Crippen LogP contribution in [-0.4, -0.2) is 17.7 Å².